The minimum absolute atomic E-state index is 0.356. The Labute approximate surface area is 156 Å². The molecular weight excluding hydrogens is 345 g/mol. The van der Waals surface area contributed by atoms with E-state index in [1.165, 1.54) is 18.3 Å². The van der Waals surface area contributed by atoms with Crippen LogP contribution in [0.3, 0.4) is 0 Å². The third kappa shape index (κ3) is 3.24. The van der Waals surface area contributed by atoms with Crippen molar-refractivity contribution >= 4 is 16.6 Å². The van der Waals surface area contributed by atoms with Gasteiger partial charge in [-0.3, -0.25) is 4.98 Å². The van der Waals surface area contributed by atoms with Crippen LogP contribution >= 0.6 is 0 Å². The highest BCUT2D eigenvalue weighted by Gasteiger charge is 2.16. The Hall–Kier alpha value is -3.33. The Bertz CT molecular complexity index is 1060. The second kappa shape index (κ2) is 7.12. The van der Waals surface area contributed by atoms with Crippen molar-refractivity contribution < 1.29 is 13.9 Å². The number of para-hydroxylation sites is 1. The molecule has 0 saturated carbocycles. The van der Waals surface area contributed by atoms with E-state index >= 15 is 0 Å². The number of benzene rings is 2. The molecule has 136 valence electrons. The predicted octanol–water partition coefficient (Wildman–Crippen LogP) is 4.33. The first-order valence-electron chi connectivity index (χ1n) is 8.77. The van der Waals surface area contributed by atoms with Crippen molar-refractivity contribution in [2.24, 2.45) is 0 Å². The molecule has 0 unspecified atom stereocenters. The van der Waals surface area contributed by atoms with Crippen LogP contribution in [0.2, 0.25) is 0 Å². The number of nitrogens with zero attached hydrogens (tertiary/aromatic N) is 2. The first-order valence-corrected chi connectivity index (χ1v) is 8.77. The van der Waals surface area contributed by atoms with E-state index < -0.39 is 0 Å². The van der Waals surface area contributed by atoms with Crippen LogP contribution in [0.5, 0.6) is 11.5 Å². The van der Waals surface area contributed by atoms with E-state index in [0.717, 1.165) is 17.5 Å². The molecule has 0 bridgehead atoms. The zero-order valence-electron chi connectivity index (χ0n) is 14.9. The van der Waals surface area contributed by atoms with Crippen LogP contribution in [0.25, 0.3) is 10.9 Å². The van der Waals surface area contributed by atoms with Crippen molar-refractivity contribution in [2.45, 2.75) is 19.9 Å². The van der Waals surface area contributed by atoms with Crippen LogP contribution in [0.1, 0.15) is 23.1 Å². The summed E-state index contributed by atoms with van der Waals surface area (Å²) in [5, 5.41) is 13.3. The normalized spacial score (nSPS) is 13.1. The van der Waals surface area contributed by atoms with Crippen LogP contribution < -0.4 is 14.8 Å². The van der Waals surface area contributed by atoms with Crippen LogP contribution in [-0.4, -0.2) is 18.2 Å². The van der Waals surface area contributed by atoms with Crippen LogP contribution in [0, 0.1) is 24.1 Å². The lowest BCUT2D eigenvalue weighted by atomic mass is 10.1. The number of hydrogen-bond acceptors (Lipinski definition) is 5. The number of nitrogens with one attached hydrogen (secondary N) is 1. The van der Waals surface area contributed by atoms with Gasteiger partial charge in [-0.15, -0.1) is 0 Å². The Morgan fingerprint density at radius 1 is 1.26 bits per heavy atom. The molecule has 0 amide bonds. The summed E-state index contributed by atoms with van der Waals surface area (Å²) in [6, 6.07) is 10.7. The Morgan fingerprint density at radius 2 is 2.11 bits per heavy atom. The van der Waals surface area contributed by atoms with E-state index in [-0.39, 0.29) is 5.82 Å². The maximum Gasteiger partial charge on any atom is 0.166 e. The fraction of sp³-hybridized carbons (Fsp3) is 0.238. The summed E-state index contributed by atoms with van der Waals surface area (Å²) in [6.07, 6.45) is 2.34. The molecule has 0 saturated heterocycles. The molecule has 1 aromatic heterocycles. The van der Waals surface area contributed by atoms with Gasteiger partial charge < -0.3 is 14.8 Å². The van der Waals surface area contributed by atoms with Gasteiger partial charge in [-0.2, -0.15) is 5.26 Å². The highest BCUT2D eigenvalue weighted by Crippen LogP contribution is 2.35. The van der Waals surface area contributed by atoms with E-state index in [9.17, 15) is 9.65 Å². The number of fused-ring (bicyclic) bond motifs is 2. The fourth-order valence-electron chi connectivity index (χ4n) is 3.29. The van der Waals surface area contributed by atoms with Crippen LogP contribution in [0.15, 0.2) is 36.5 Å². The summed E-state index contributed by atoms with van der Waals surface area (Å²) in [5.74, 6) is 1.07. The van der Waals surface area contributed by atoms with Crippen molar-refractivity contribution in [1.82, 2.24) is 4.98 Å². The number of rotatable bonds is 3. The molecule has 2 heterocycles. The molecule has 0 fully saturated rings. The van der Waals surface area contributed by atoms with E-state index in [4.69, 9.17) is 9.47 Å². The number of aryl methyl sites for hydroxylation is 1. The van der Waals surface area contributed by atoms with Gasteiger partial charge in [0.2, 0.25) is 0 Å². The van der Waals surface area contributed by atoms with Gasteiger partial charge in [0.1, 0.15) is 11.9 Å². The third-order valence-electron chi connectivity index (χ3n) is 4.56. The topological polar surface area (TPSA) is 67.2 Å². The van der Waals surface area contributed by atoms with E-state index in [0.29, 0.717) is 53.4 Å². The quantitative estimate of drug-likeness (QED) is 0.750. The SMILES string of the molecule is Cc1cc(F)cc2c(NCc3cccc4c3OCCCO4)c(C#N)cnc12. The first kappa shape index (κ1) is 17.1. The molecule has 0 atom stereocenters. The summed E-state index contributed by atoms with van der Waals surface area (Å²) in [6.45, 7) is 3.43. The second-order valence-electron chi connectivity index (χ2n) is 6.43. The van der Waals surface area contributed by atoms with Crippen molar-refractivity contribution in [3.8, 4) is 17.6 Å². The number of anilines is 1. The number of halogens is 1. The predicted molar refractivity (Wildman–Crippen MR) is 101 cm³/mol. The number of hydrogen-bond donors (Lipinski definition) is 1. The van der Waals surface area contributed by atoms with Crippen molar-refractivity contribution in [3.63, 3.8) is 0 Å². The summed E-state index contributed by atoms with van der Waals surface area (Å²) in [5.41, 5.74) is 3.24. The zero-order valence-corrected chi connectivity index (χ0v) is 14.9. The molecule has 1 aliphatic heterocycles. The van der Waals surface area contributed by atoms with E-state index in [1.54, 1.807) is 6.92 Å². The highest BCUT2D eigenvalue weighted by molar-refractivity contribution is 5.95. The standard InChI is InChI=1S/C21H18FN3O2/c1-13-8-16(22)9-17-19(13)24-12-15(10-23)20(17)25-11-14-4-2-5-18-21(14)27-7-3-6-26-18/h2,4-5,8-9,12H,3,6-7,11H2,1H3,(H,24,25). The van der Waals surface area contributed by atoms with E-state index in [1.807, 2.05) is 18.2 Å². The minimum Gasteiger partial charge on any atom is -0.490 e. The smallest absolute Gasteiger partial charge is 0.166 e. The van der Waals surface area contributed by atoms with Gasteiger partial charge in [-0.1, -0.05) is 12.1 Å². The molecule has 5 nitrogen and oxygen atoms in total. The molecular formula is C21H18FN3O2. The zero-order chi connectivity index (χ0) is 18.8. The number of aromatic nitrogens is 1. The van der Waals surface area contributed by atoms with Gasteiger partial charge in [-0.05, 0) is 30.7 Å². The molecule has 1 N–H and O–H groups in total. The van der Waals surface area contributed by atoms with Crippen molar-refractivity contribution in [3.05, 3.63) is 59.0 Å². The summed E-state index contributed by atoms with van der Waals surface area (Å²) in [7, 11) is 0. The largest absolute Gasteiger partial charge is 0.490 e. The highest BCUT2D eigenvalue weighted by atomic mass is 19.1. The lowest BCUT2D eigenvalue weighted by Gasteiger charge is -2.16. The van der Waals surface area contributed by atoms with Gasteiger partial charge >= 0.3 is 0 Å². The molecule has 27 heavy (non-hydrogen) atoms. The van der Waals surface area contributed by atoms with Gasteiger partial charge in [-0.25, -0.2) is 4.39 Å². The lowest BCUT2D eigenvalue weighted by Crippen LogP contribution is -2.06. The molecule has 6 heteroatoms. The Kier molecular flexibility index (Phi) is 4.51. The van der Waals surface area contributed by atoms with Gasteiger partial charge in [0, 0.05) is 30.1 Å². The Balaban J connectivity index is 1.74. The van der Waals surface area contributed by atoms with Crippen LogP contribution in [0.4, 0.5) is 10.1 Å². The number of pyridine rings is 1. The van der Waals surface area contributed by atoms with Crippen LogP contribution in [-0.2, 0) is 6.54 Å². The van der Waals surface area contributed by atoms with Crippen molar-refractivity contribution in [1.29, 1.82) is 5.26 Å². The minimum atomic E-state index is -0.356. The molecule has 0 radical (unpaired) electrons. The number of ether oxygens (including phenoxy) is 2. The average Bonchev–Trinajstić information content (AvgIpc) is 2.91. The molecule has 2 aromatic carbocycles. The maximum atomic E-state index is 14.0. The summed E-state index contributed by atoms with van der Waals surface area (Å²) < 4.78 is 25.5. The first-order chi connectivity index (χ1) is 13.2. The van der Waals surface area contributed by atoms with Crippen molar-refractivity contribution in [2.75, 3.05) is 18.5 Å². The second-order valence-corrected chi connectivity index (χ2v) is 6.43. The molecule has 3 aromatic rings. The number of nitriles is 1. The summed E-state index contributed by atoms with van der Waals surface area (Å²) >= 11 is 0. The third-order valence-corrected chi connectivity index (χ3v) is 4.56. The van der Waals surface area contributed by atoms with Gasteiger partial charge in [0.25, 0.3) is 0 Å². The monoisotopic (exact) mass is 363 g/mol. The Morgan fingerprint density at radius 3 is 2.96 bits per heavy atom. The summed E-state index contributed by atoms with van der Waals surface area (Å²) in [4.78, 5) is 4.32. The molecule has 0 aliphatic carbocycles. The lowest BCUT2D eigenvalue weighted by molar-refractivity contribution is 0.296. The maximum absolute atomic E-state index is 14.0. The van der Waals surface area contributed by atoms with Gasteiger partial charge in [0.05, 0.1) is 30.0 Å². The molecule has 1 aliphatic rings. The van der Waals surface area contributed by atoms with Gasteiger partial charge in [0.15, 0.2) is 11.5 Å². The molecule has 4 rings (SSSR count). The molecule has 0 spiro atoms. The fourth-order valence-corrected chi connectivity index (χ4v) is 3.29. The average molecular weight is 363 g/mol. The van der Waals surface area contributed by atoms with E-state index in [2.05, 4.69) is 16.4 Å².